The van der Waals surface area contributed by atoms with Crippen LogP contribution >= 0.6 is 23.2 Å². The number of hydrogen-bond acceptors (Lipinski definition) is 7. The highest BCUT2D eigenvalue weighted by molar-refractivity contribution is 6.41. The topological polar surface area (TPSA) is 100 Å². The summed E-state index contributed by atoms with van der Waals surface area (Å²) in [5.74, 6) is 1.51. The highest BCUT2D eigenvalue weighted by Gasteiger charge is 2.19. The average molecular weight is 490 g/mol. The lowest BCUT2D eigenvalue weighted by Crippen LogP contribution is -2.20. The molecular formula is C23H27Cl2N6O2-. The Morgan fingerprint density at radius 1 is 1.03 bits per heavy atom. The number of benzene rings is 1. The Labute approximate surface area is 203 Å². The molecule has 2 aromatic heterocycles. The third-order valence-corrected chi connectivity index (χ3v) is 6.49. The number of likely N-dealkylation sites (tertiary alicyclic amines) is 1. The highest BCUT2D eigenvalue weighted by Crippen LogP contribution is 2.46. The number of nitrogens with zero attached hydrogens (tertiary/aromatic N) is 5. The number of anilines is 1. The lowest BCUT2D eigenvalue weighted by molar-refractivity contribution is 0.332. The van der Waals surface area contributed by atoms with E-state index in [1.165, 1.54) is 40.2 Å². The van der Waals surface area contributed by atoms with Crippen molar-refractivity contribution >= 4 is 45.9 Å². The van der Waals surface area contributed by atoms with Gasteiger partial charge in [-0.15, -0.1) is 0 Å². The Morgan fingerprint density at radius 3 is 2.39 bits per heavy atom. The van der Waals surface area contributed by atoms with E-state index in [1.807, 2.05) is 6.07 Å². The second kappa shape index (κ2) is 10.6. The molecule has 8 nitrogen and oxygen atoms in total. The largest absolute Gasteiger partial charge is 0.495 e. The molecule has 1 aliphatic rings. The van der Waals surface area contributed by atoms with Gasteiger partial charge in [0.05, 0.1) is 29.8 Å². The van der Waals surface area contributed by atoms with Crippen molar-refractivity contribution in [1.82, 2.24) is 19.9 Å². The van der Waals surface area contributed by atoms with Crippen molar-refractivity contribution in [2.75, 3.05) is 46.1 Å². The zero-order valence-electron chi connectivity index (χ0n) is 18.8. The highest BCUT2D eigenvalue weighted by atomic mass is 35.5. The molecule has 0 atom stereocenters. The molecular weight excluding hydrogens is 463 g/mol. The summed E-state index contributed by atoms with van der Waals surface area (Å²) in [5.41, 5.74) is 7.46. The Hall–Kier alpha value is -2.55. The molecule has 0 aliphatic carbocycles. The van der Waals surface area contributed by atoms with Gasteiger partial charge in [0.25, 0.3) is 0 Å². The van der Waals surface area contributed by atoms with Crippen molar-refractivity contribution < 1.29 is 9.47 Å². The first-order valence-electron chi connectivity index (χ1n) is 10.9. The van der Waals surface area contributed by atoms with Crippen molar-refractivity contribution in [3.8, 4) is 22.8 Å². The molecule has 1 aliphatic heterocycles. The van der Waals surface area contributed by atoms with Crippen LogP contribution in [0.4, 0.5) is 11.8 Å². The molecule has 0 bridgehead atoms. The molecule has 4 rings (SSSR count). The first kappa shape index (κ1) is 23.6. The fraction of sp³-hybridized carbons (Fsp3) is 0.435. The predicted molar refractivity (Wildman–Crippen MR) is 133 cm³/mol. The third-order valence-electron chi connectivity index (χ3n) is 5.74. The van der Waals surface area contributed by atoms with E-state index < -0.39 is 0 Å². The smallest absolute Gasteiger partial charge is 0.220 e. The molecule has 1 fully saturated rings. The van der Waals surface area contributed by atoms with Gasteiger partial charge in [-0.05, 0) is 56.5 Å². The molecule has 1 aromatic carbocycles. The van der Waals surface area contributed by atoms with Gasteiger partial charge in [0.2, 0.25) is 5.95 Å². The maximum absolute atomic E-state index is 6.62. The summed E-state index contributed by atoms with van der Waals surface area (Å²) in [4.78, 5) is 15.8. The maximum atomic E-state index is 6.62. The quantitative estimate of drug-likeness (QED) is 0.397. The van der Waals surface area contributed by atoms with Gasteiger partial charge >= 0.3 is 0 Å². The number of nitrogen functional groups attached to an aromatic ring is 1. The van der Waals surface area contributed by atoms with Crippen LogP contribution in [0, 0.1) is 0 Å². The summed E-state index contributed by atoms with van der Waals surface area (Å²) < 4.78 is 10.8. The van der Waals surface area contributed by atoms with Crippen molar-refractivity contribution in [2.45, 2.75) is 25.7 Å². The Bertz CT molecular complexity index is 1110. The minimum Gasteiger partial charge on any atom is -0.495 e. The fourth-order valence-corrected chi connectivity index (χ4v) is 4.72. The second-order valence-electron chi connectivity index (χ2n) is 7.92. The van der Waals surface area contributed by atoms with Crippen LogP contribution in [0.5, 0.6) is 11.5 Å². The van der Waals surface area contributed by atoms with Crippen LogP contribution in [0.15, 0.2) is 18.3 Å². The number of unbranched alkanes of at least 4 members (excludes halogenated alkanes) is 1. The normalized spacial score (nSPS) is 14.1. The van der Waals surface area contributed by atoms with E-state index in [9.17, 15) is 0 Å². The van der Waals surface area contributed by atoms with E-state index in [1.54, 1.807) is 12.3 Å². The van der Waals surface area contributed by atoms with Crippen molar-refractivity contribution in [2.24, 2.45) is 0 Å². The Kier molecular flexibility index (Phi) is 7.57. The summed E-state index contributed by atoms with van der Waals surface area (Å²) >= 11 is 13.2. The van der Waals surface area contributed by atoms with Gasteiger partial charge in [0.15, 0.2) is 0 Å². The van der Waals surface area contributed by atoms with Gasteiger partial charge in [-0.3, -0.25) is 0 Å². The Balaban J connectivity index is 1.66. The first-order chi connectivity index (χ1) is 16.0. The number of ether oxygens (including phenoxy) is 2. The van der Waals surface area contributed by atoms with Crippen LogP contribution in [0.3, 0.4) is 0 Å². The fourth-order valence-electron chi connectivity index (χ4n) is 4.02. The van der Waals surface area contributed by atoms with Gasteiger partial charge in [0, 0.05) is 23.2 Å². The molecule has 0 amide bonds. The van der Waals surface area contributed by atoms with Gasteiger partial charge in [-0.25, -0.2) is 9.97 Å². The SMILES string of the molecule is COc1cc(OC)c(Cl)c(-c2cc3cnc(N)nc3c([N-]CCCCN3CCCC3)n2)c1Cl. The molecule has 0 saturated carbocycles. The van der Waals surface area contributed by atoms with E-state index in [-0.39, 0.29) is 5.95 Å². The second-order valence-corrected chi connectivity index (χ2v) is 8.67. The lowest BCUT2D eigenvalue weighted by atomic mass is 10.1. The van der Waals surface area contributed by atoms with E-state index in [0.29, 0.717) is 50.7 Å². The van der Waals surface area contributed by atoms with Gasteiger partial charge in [0.1, 0.15) is 11.5 Å². The van der Waals surface area contributed by atoms with Crippen LogP contribution in [0.2, 0.25) is 10.0 Å². The lowest BCUT2D eigenvalue weighted by Gasteiger charge is -2.22. The van der Waals surface area contributed by atoms with Crippen LogP contribution in [-0.4, -0.2) is 60.3 Å². The molecule has 0 radical (unpaired) electrons. The maximum Gasteiger partial charge on any atom is 0.220 e. The van der Waals surface area contributed by atoms with Crippen LogP contribution in [0.1, 0.15) is 25.7 Å². The van der Waals surface area contributed by atoms with E-state index >= 15 is 0 Å². The number of fused-ring (bicyclic) bond motifs is 1. The van der Waals surface area contributed by atoms with Crippen molar-refractivity contribution in [1.29, 1.82) is 0 Å². The number of rotatable bonds is 9. The average Bonchev–Trinajstić information content (AvgIpc) is 3.33. The molecule has 3 heterocycles. The summed E-state index contributed by atoms with van der Waals surface area (Å²) in [6.07, 6.45) is 6.29. The molecule has 176 valence electrons. The standard InChI is InChI=1S/C23H27Cl2N6O2/c1-32-16-12-17(33-2)20(25)18(19(16)24)15-11-14-13-28-23(26)30-21(14)22(29-15)27-7-3-4-8-31-9-5-6-10-31/h11-13H,3-10H2,1-2H3,(H2-,26,27,28,29,30)/q-1. The predicted octanol–water partition coefficient (Wildman–Crippen LogP) is 5.48. The van der Waals surface area contributed by atoms with E-state index in [0.717, 1.165) is 24.8 Å². The van der Waals surface area contributed by atoms with Gasteiger partial charge in [-0.1, -0.05) is 36.2 Å². The summed E-state index contributed by atoms with van der Waals surface area (Å²) in [6.45, 7) is 4.14. The minimum atomic E-state index is 0.168. The monoisotopic (exact) mass is 489 g/mol. The van der Waals surface area contributed by atoms with Crippen molar-refractivity contribution in [3.05, 3.63) is 33.7 Å². The number of halogens is 2. The van der Waals surface area contributed by atoms with Crippen molar-refractivity contribution in [3.63, 3.8) is 0 Å². The van der Waals surface area contributed by atoms with Gasteiger partial charge < -0.3 is 30.4 Å². The minimum absolute atomic E-state index is 0.168. The third kappa shape index (κ3) is 5.18. The van der Waals surface area contributed by atoms with E-state index in [4.69, 9.17) is 48.7 Å². The molecule has 0 unspecified atom stereocenters. The number of pyridine rings is 1. The van der Waals surface area contributed by atoms with Gasteiger partial charge in [-0.2, -0.15) is 0 Å². The number of nitrogens with two attached hydrogens (primary N) is 1. The summed E-state index contributed by atoms with van der Waals surface area (Å²) in [7, 11) is 3.07. The molecule has 3 aromatic rings. The first-order valence-corrected chi connectivity index (χ1v) is 11.7. The van der Waals surface area contributed by atoms with Crippen LogP contribution < -0.4 is 15.2 Å². The number of aromatic nitrogens is 3. The van der Waals surface area contributed by atoms with Crippen LogP contribution in [0.25, 0.3) is 27.5 Å². The van der Waals surface area contributed by atoms with Crippen LogP contribution in [-0.2, 0) is 0 Å². The Morgan fingerprint density at radius 2 is 1.73 bits per heavy atom. The zero-order chi connectivity index (χ0) is 23.4. The molecule has 10 heteroatoms. The number of hydrogen-bond donors (Lipinski definition) is 1. The molecule has 0 spiro atoms. The number of methoxy groups -OCH3 is 2. The summed E-state index contributed by atoms with van der Waals surface area (Å²) in [6, 6.07) is 3.46. The molecule has 33 heavy (non-hydrogen) atoms. The molecule has 2 N–H and O–H groups in total. The zero-order valence-corrected chi connectivity index (χ0v) is 20.3. The molecule has 1 saturated heterocycles. The summed E-state index contributed by atoms with van der Waals surface area (Å²) in [5, 5.41) is 6.15. The van der Waals surface area contributed by atoms with E-state index in [2.05, 4.69) is 14.9 Å².